The molecular weight excluding hydrogens is 342 g/mol. The minimum atomic E-state index is -4.55. The van der Waals surface area contributed by atoms with E-state index >= 15 is 0 Å². The van der Waals surface area contributed by atoms with Crippen LogP contribution < -0.4 is 0 Å². The van der Waals surface area contributed by atoms with Gasteiger partial charge in [0.05, 0.1) is 10.8 Å². The summed E-state index contributed by atoms with van der Waals surface area (Å²) in [6.07, 6.45) is -8.95. The van der Waals surface area contributed by atoms with Crippen LogP contribution in [0.25, 0.3) is 0 Å². The smallest absolute Gasteiger partial charge is 0.171 e. The highest BCUT2D eigenvalue weighted by molar-refractivity contribution is 4.99. The van der Waals surface area contributed by atoms with Crippen LogP contribution in [-0.4, -0.2) is 12.4 Å². The summed E-state index contributed by atoms with van der Waals surface area (Å²) < 4.78 is 83.1. The molecule has 0 saturated heterocycles. The first-order valence-electron chi connectivity index (χ1n) is 9.23. The summed E-state index contributed by atoms with van der Waals surface area (Å²) >= 11 is 0. The molecule has 0 aliphatic heterocycles. The largest absolute Gasteiger partial charge is 0.394 e. The fraction of sp³-hybridized carbons (Fsp3) is 1.00. The second kappa shape index (κ2) is 8.08. The minimum absolute atomic E-state index is 0.271. The Morgan fingerprint density at radius 1 is 0.640 bits per heavy atom. The van der Waals surface area contributed by atoms with Crippen molar-refractivity contribution in [3.63, 3.8) is 0 Å². The van der Waals surface area contributed by atoms with Gasteiger partial charge in [-0.25, -0.2) is 0 Å². The Hall–Kier alpha value is -0.420. The van der Waals surface area contributed by atoms with Crippen LogP contribution in [0.4, 0.5) is 26.3 Å². The molecule has 0 amide bonds. The maximum Gasteiger partial charge on any atom is 0.394 e. The molecule has 0 saturated carbocycles. The molecule has 0 bridgehead atoms. The van der Waals surface area contributed by atoms with Crippen molar-refractivity contribution >= 4 is 0 Å². The minimum Gasteiger partial charge on any atom is -0.171 e. The molecule has 0 aromatic heterocycles. The molecule has 0 fully saturated rings. The molecule has 0 heterocycles. The predicted molar refractivity (Wildman–Crippen MR) is 90.3 cm³/mol. The molecular formula is C19H34F6. The quantitative estimate of drug-likeness (QED) is 0.356. The van der Waals surface area contributed by atoms with E-state index in [2.05, 4.69) is 0 Å². The lowest BCUT2D eigenvalue weighted by Gasteiger charge is -2.49. The number of hydrogen-bond acceptors (Lipinski definition) is 0. The summed E-state index contributed by atoms with van der Waals surface area (Å²) in [5.74, 6) is -0.681. The van der Waals surface area contributed by atoms with Crippen molar-refractivity contribution in [2.75, 3.05) is 0 Å². The second-order valence-corrected chi connectivity index (χ2v) is 8.03. The molecule has 152 valence electrons. The van der Waals surface area contributed by atoms with Crippen LogP contribution in [0.15, 0.2) is 0 Å². The standard InChI is InChI=1S/C19H34F6/c1-8-14(9-2)16(6,18(20,21)22)12-13-17(7,19(23,24)25)15(5,10-3)11-4/h14H,8-13H2,1-7H3. The van der Waals surface area contributed by atoms with Gasteiger partial charge in [0.1, 0.15) is 0 Å². The van der Waals surface area contributed by atoms with Gasteiger partial charge in [0.2, 0.25) is 0 Å². The van der Waals surface area contributed by atoms with Gasteiger partial charge in [-0.05, 0) is 37.0 Å². The number of hydrogen-bond donors (Lipinski definition) is 0. The monoisotopic (exact) mass is 376 g/mol. The lowest BCUT2D eigenvalue weighted by Crippen LogP contribution is -2.50. The Balaban J connectivity index is 5.95. The van der Waals surface area contributed by atoms with Crippen LogP contribution in [0.1, 0.15) is 87.0 Å². The zero-order valence-corrected chi connectivity index (χ0v) is 16.6. The highest BCUT2D eigenvalue weighted by Gasteiger charge is 2.62. The van der Waals surface area contributed by atoms with Gasteiger partial charge < -0.3 is 0 Å². The van der Waals surface area contributed by atoms with Gasteiger partial charge >= 0.3 is 12.4 Å². The SMILES string of the molecule is CCC(CC)C(C)(CCC(C)(C(F)(F)F)C(C)(CC)CC)C(F)(F)F. The van der Waals surface area contributed by atoms with E-state index in [0.717, 1.165) is 13.8 Å². The van der Waals surface area contributed by atoms with Crippen LogP contribution in [-0.2, 0) is 0 Å². The van der Waals surface area contributed by atoms with Gasteiger partial charge in [-0.15, -0.1) is 0 Å². The Morgan fingerprint density at radius 2 is 1.04 bits per heavy atom. The van der Waals surface area contributed by atoms with Crippen LogP contribution in [0.2, 0.25) is 0 Å². The lowest BCUT2D eigenvalue weighted by molar-refractivity contribution is -0.277. The Labute approximate surface area is 148 Å². The molecule has 25 heavy (non-hydrogen) atoms. The van der Waals surface area contributed by atoms with Gasteiger partial charge in [0.25, 0.3) is 0 Å². The van der Waals surface area contributed by atoms with E-state index in [1.165, 1.54) is 0 Å². The summed E-state index contributed by atoms with van der Waals surface area (Å²) in [7, 11) is 0. The van der Waals surface area contributed by atoms with Crippen LogP contribution in [0.5, 0.6) is 0 Å². The van der Waals surface area contributed by atoms with Crippen LogP contribution in [0.3, 0.4) is 0 Å². The van der Waals surface area contributed by atoms with Crippen molar-refractivity contribution in [2.24, 2.45) is 22.2 Å². The fourth-order valence-corrected chi connectivity index (χ4v) is 4.09. The highest BCUT2D eigenvalue weighted by atomic mass is 19.4. The molecule has 0 N–H and O–H groups in total. The van der Waals surface area contributed by atoms with E-state index in [0.29, 0.717) is 12.8 Å². The molecule has 0 rings (SSSR count). The average Bonchev–Trinajstić information content (AvgIpc) is 2.50. The lowest BCUT2D eigenvalue weighted by atomic mass is 9.57. The molecule has 0 aromatic rings. The normalized spacial score (nSPS) is 19.0. The summed E-state index contributed by atoms with van der Waals surface area (Å²) in [5.41, 5.74) is -5.35. The van der Waals surface area contributed by atoms with Crippen LogP contribution in [0, 0.1) is 22.2 Å². The van der Waals surface area contributed by atoms with Crippen molar-refractivity contribution in [1.29, 1.82) is 0 Å². The van der Waals surface area contributed by atoms with E-state index in [1.807, 2.05) is 0 Å². The second-order valence-electron chi connectivity index (χ2n) is 8.03. The first-order chi connectivity index (χ1) is 11.1. The molecule has 0 nitrogen and oxygen atoms in total. The van der Waals surface area contributed by atoms with Gasteiger partial charge in [-0.3, -0.25) is 0 Å². The first kappa shape index (κ1) is 24.6. The third-order valence-electron chi connectivity index (χ3n) is 7.20. The van der Waals surface area contributed by atoms with Crippen molar-refractivity contribution in [3.8, 4) is 0 Å². The van der Waals surface area contributed by atoms with E-state index < -0.39 is 47.4 Å². The van der Waals surface area contributed by atoms with Crippen LogP contribution >= 0.6 is 0 Å². The number of alkyl halides is 6. The van der Waals surface area contributed by atoms with E-state index in [-0.39, 0.29) is 12.8 Å². The summed E-state index contributed by atoms with van der Waals surface area (Å²) in [6.45, 7) is 10.4. The first-order valence-corrected chi connectivity index (χ1v) is 9.23. The zero-order chi connectivity index (χ0) is 20.3. The van der Waals surface area contributed by atoms with Gasteiger partial charge in [-0.1, -0.05) is 61.3 Å². The van der Waals surface area contributed by atoms with Gasteiger partial charge in [0.15, 0.2) is 0 Å². The van der Waals surface area contributed by atoms with E-state index in [9.17, 15) is 26.3 Å². The maximum atomic E-state index is 13.9. The van der Waals surface area contributed by atoms with Crippen molar-refractivity contribution in [2.45, 2.75) is 99.3 Å². The summed E-state index contributed by atoms with van der Waals surface area (Å²) in [4.78, 5) is 0. The maximum absolute atomic E-state index is 13.9. The summed E-state index contributed by atoms with van der Waals surface area (Å²) in [6, 6.07) is 0. The topological polar surface area (TPSA) is 0 Å². The van der Waals surface area contributed by atoms with Gasteiger partial charge in [0, 0.05) is 0 Å². The molecule has 6 heteroatoms. The van der Waals surface area contributed by atoms with E-state index in [1.54, 1.807) is 34.6 Å². The summed E-state index contributed by atoms with van der Waals surface area (Å²) in [5, 5.41) is 0. The molecule has 0 aromatic carbocycles. The average molecular weight is 376 g/mol. The van der Waals surface area contributed by atoms with Gasteiger partial charge in [-0.2, -0.15) is 26.3 Å². The Kier molecular flexibility index (Phi) is 7.94. The Bertz CT molecular complexity index is 403. The molecule has 0 radical (unpaired) electrons. The molecule has 0 spiro atoms. The number of rotatable bonds is 9. The Morgan fingerprint density at radius 3 is 1.28 bits per heavy atom. The predicted octanol–water partition coefficient (Wildman–Crippen LogP) is 8.17. The fourth-order valence-electron chi connectivity index (χ4n) is 4.09. The number of halogens is 6. The van der Waals surface area contributed by atoms with Crippen molar-refractivity contribution < 1.29 is 26.3 Å². The zero-order valence-electron chi connectivity index (χ0n) is 16.6. The molecule has 2 unspecified atom stereocenters. The molecule has 0 aliphatic carbocycles. The van der Waals surface area contributed by atoms with E-state index in [4.69, 9.17) is 0 Å². The highest BCUT2D eigenvalue weighted by Crippen LogP contribution is 2.60. The van der Waals surface area contributed by atoms with Crippen molar-refractivity contribution in [3.05, 3.63) is 0 Å². The molecule has 0 aliphatic rings. The van der Waals surface area contributed by atoms with Crippen molar-refractivity contribution in [1.82, 2.24) is 0 Å². The molecule has 2 atom stereocenters. The third-order valence-corrected chi connectivity index (χ3v) is 7.20. The third kappa shape index (κ3) is 4.47.